The van der Waals surface area contributed by atoms with E-state index in [1.54, 1.807) is 0 Å². The molecule has 0 N–H and O–H groups in total. The third-order valence-corrected chi connectivity index (χ3v) is 11.2. The lowest BCUT2D eigenvalue weighted by Crippen LogP contribution is -1.96. The topological polar surface area (TPSA) is 25.8 Å². The van der Waals surface area contributed by atoms with E-state index < -0.39 is 0 Å². The molecule has 1 heterocycles. The van der Waals surface area contributed by atoms with Gasteiger partial charge in [-0.05, 0) is 101 Å². The van der Waals surface area contributed by atoms with Crippen molar-refractivity contribution in [1.82, 2.24) is 9.97 Å². The van der Waals surface area contributed by atoms with Gasteiger partial charge in [-0.15, -0.1) is 0 Å². The van der Waals surface area contributed by atoms with Crippen LogP contribution in [0.15, 0.2) is 206 Å². The molecule has 0 spiro atoms. The lowest BCUT2D eigenvalue weighted by atomic mass is 9.88. The molecule has 1 aliphatic rings. The number of fused-ring (bicyclic) bond motifs is 4. The molecule has 2 nitrogen and oxygen atoms in total. The van der Waals surface area contributed by atoms with Gasteiger partial charge in [0, 0.05) is 16.7 Å². The summed E-state index contributed by atoms with van der Waals surface area (Å²) < 4.78 is 0. The maximum atomic E-state index is 5.08. The van der Waals surface area contributed by atoms with Gasteiger partial charge in [0.05, 0.1) is 11.4 Å². The van der Waals surface area contributed by atoms with E-state index in [4.69, 9.17) is 9.97 Å². The summed E-state index contributed by atoms with van der Waals surface area (Å²) >= 11 is 0. The van der Waals surface area contributed by atoms with Crippen molar-refractivity contribution in [2.75, 3.05) is 0 Å². The first-order chi connectivity index (χ1) is 27.7. The number of benzene rings is 9. The van der Waals surface area contributed by atoms with Gasteiger partial charge in [-0.25, -0.2) is 9.97 Å². The number of aromatic nitrogens is 2. The Morgan fingerprint density at radius 1 is 0.250 bits per heavy atom. The summed E-state index contributed by atoms with van der Waals surface area (Å²) in [5, 5.41) is 5.07. The van der Waals surface area contributed by atoms with Crippen molar-refractivity contribution in [2.24, 2.45) is 0 Å². The smallest absolute Gasteiger partial charge is 0.160 e. The molecule has 1 aromatic heterocycles. The Labute approximate surface area is 326 Å². The summed E-state index contributed by atoms with van der Waals surface area (Å²) in [7, 11) is 0. The molecule has 0 atom stereocenters. The Balaban J connectivity index is 1.02. The quantitative estimate of drug-likeness (QED) is 0.172. The van der Waals surface area contributed by atoms with Crippen LogP contribution in [0, 0.1) is 0 Å². The molecule has 10 aromatic rings. The minimum atomic E-state index is 0.715. The van der Waals surface area contributed by atoms with Crippen LogP contribution in [0.1, 0.15) is 0 Å². The largest absolute Gasteiger partial charge is 0.228 e. The van der Waals surface area contributed by atoms with E-state index in [1.807, 2.05) is 24.3 Å². The van der Waals surface area contributed by atoms with Crippen molar-refractivity contribution in [3.8, 4) is 89.5 Å². The maximum absolute atomic E-state index is 5.08. The van der Waals surface area contributed by atoms with E-state index in [-0.39, 0.29) is 0 Å². The Morgan fingerprint density at radius 3 is 1.39 bits per heavy atom. The zero-order valence-corrected chi connectivity index (χ0v) is 30.5. The van der Waals surface area contributed by atoms with Crippen molar-refractivity contribution in [3.63, 3.8) is 0 Å². The number of hydrogen-bond acceptors (Lipinski definition) is 2. The molecular weight excluding hydrogens is 677 g/mol. The first kappa shape index (κ1) is 32.0. The van der Waals surface area contributed by atoms with E-state index in [2.05, 4.69) is 182 Å². The fraction of sp³-hybridized carbons (Fsp3) is 0. The molecule has 0 saturated heterocycles. The molecule has 0 saturated carbocycles. The number of nitrogens with zero attached hydrogens (tertiary/aromatic N) is 2. The minimum Gasteiger partial charge on any atom is -0.228 e. The summed E-state index contributed by atoms with van der Waals surface area (Å²) in [6.07, 6.45) is 0. The van der Waals surface area contributed by atoms with E-state index in [1.165, 1.54) is 71.6 Å². The van der Waals surface area contributed by atoms with Crippen LogP contribution in [0.4, 0.5) is 0 Å². The highest BCUT2D eigenvalue weighted by atomic mass is 14.9. The SMILES string of the molecule is c1ccc(-c2cc(-c3ccc(-c4cc5ccccc5cc4-c4cccc(-c5ccc6c7c(cccc57)-c5ccccc5-6)c4)cc3)nc(-c3ccccc3)n2)cc1. The zero-order chi connectivity index (χ0) is 37.0. The zero-order valence-electron chi connectivity index (χ0n) is 30.5. The highest BCUT2D eigenvalue weighted by Gasteiger charge is 2.22. The first-order valence-corrected chi connectivity index (χ1v) is 19.1. The maximum Gasteiger partial charge on any atom is 0.160 e. The van der Waals surface area contributed by atoms with E-state index in [0.29, 0.717) is 5.82 Å². The lowest BCUT2D eigenvalue weighted by Gasteiger charge is -2.15. The second-order valence-electron chi connectivity index (χ2n) is 14.5. The number of hydrogen-bond donors (Lipinski definition) is 0. The standard InChI is InChI=1S/C54H34N2/c1-3-13-36(14-4-1)51-34-52(56-54(55-51)38-15-5-2-6-16-38)37-27-25-35(26-28-37)49-32-39-17-7-8-18-40(39)33-50(49)42-20-11-19-41(31-42)43-29-30-48-45-22-10-9-21-44(45)47-24-12-23-46(43)53(47)48/h1-34H. The molecule has 0 aliphatic heterocycles. The summed E-state index contributed by atoms with van der Waals surface area (Å²) in [5.41, 5.74) is 17.4. The molecule has 11 rings (SSSR count). The average molecular weight is 711 g/mol. The highest BCUT2D eigenvalue weighted by Crippen LogP contribution is 2.49. The Kier molecular flexibility index (Phi) is 7.53. The monoisotopic (exact) mass is 710 g/mol. The highest BCUT2D eigenvalue weighted by molar-refractivity contribution is 6.18. The number of rotatable bonds is 6. The van der Waals surface area contributed by atoms with Crippen LogP contribution in [0.25, 0.3) is 111 Å². The third kappa shape index (κ3) is 5.42. The Hall–Kier alpha value is -7.42. The molecular formula is C54H34N2. The van der Waals surface area contributed by atoms with Crippen LogP contribution >= 0.6 is 0 Å². The molecule has 0 amide bonds. The second-order valence-corrected chi connectivity index (χ2v) is 14.5. The van der Waals surface area contributed by atoms with Gasteiger partial charge in [0.1, 0.15) is 0 Å². The molecule has 0 fully saturated rings. The van der Waals surface area contributed by atoms with Crippen LogP contribution in [0.2, 0.25) is 0 Å². The van der Waals surface area contributed by atoms with Crippen LogP contribution in [-0.4, -0.2) is 9.97 Å². The average Bonchev–Trinajstić information content (AvgIpc) is 3.61. The summed E-state index contributed by atoms with van der Waals surface area (Å²) in [6.45, 7) is 0. The molecule has 0 unspecified atom stereocenters. The fourth-order valence-corrected chi connectivity index (χ4v) is 8.52. The van der Waals surface area contributed by atoms with Crippen molar-refractivity contribution in [1.29, 1.82) is 0 Å². The van der Waals surface area contributed by atoms with Crippen LogP contribution in [-0.2, 0) is 0 Å². The van der Waals surface area contributed by atoms with Gasteiger partial charge >= 0.3 is 0 Å². The van der Waals surface area contributed by atoms with Gasteiger partial charge in [-0.3, -0.25) is 0 Å². The van der Waals surface area contributed by atoms with Gasteiger partial charge < -0.3 is 0 Å². The van der Waals surface area contributed by atoms with Crippen LogP contribution in [0.5, 0.6) is 0 Å². The Bertz CT molecular complexity index is 3020. The molecule has 0 radical (unpaired) electrons. The van der Waals surface area contributed by atoms with Crippen molar-refractivity contribution in [3.05, 3.63) is 206 Å². The van der Waals surface area contributed by atoms with E-state index >= 15 is 0 Å². The normalized spacial score (nSPS) is 11.6. The second kappa shape index (κ2) is 13.2. The van der Waals surface area contributed by atoms with E-state index in [9.17, 15) is 0 Å². The predicted octanol–water partition coefficient (Wildman–Crippen LogP) is 14.4. The minimum absolute atomic E-state index is 0.715. The van der Waals surface area contributed by atoms with Crippen molar-refractivity contribution >= 4 is 21.5 Å². The van der Waals surface area contributed by atoms with Gasteiger partial charge in [0.25, 0.3) is 0 Å². The molecule has 2 heteroatoms. The third-order valence-electron chi connectivity index (χ3n) is 11.2. The van der Waals surface area contributed by atoms with Gasteiger partial charge in [0.2, 0.25) is 0 Å². The molecule has 9 aromatic carbocycles. The van der Waals surface area contributed by atoms with Crippen molar-refractivity contribution in [2.45, 2.75) is 0 Å². The molecule has 56 heavy (non-hydrogen) atoms. The van der Waals surface area contributed by atoms with Gasteiger partial charge in [-0.2, -0.15) is 0 Å². The fourth-order valence-electron chi connectivity index (χ4n) is 8.52. The van der Waals surface area contributed by atoms with Gasteiger partial charge in [-0.1, -0.05) is 182 Å². The predicted molar refractivity (Wildman–Crippen MR) is 234 cm³/mol. The van der Waals surface area contributed by atoms with Crippen LogP contribution in [0.3, 0.4) is 0 Å². The summed E-state index contributed by atoms with van der Waals surface area (Å²) in [4.78, 5) is 10.1. The summed E-state index contributed by atoms with van der Waals surface area (Å²) in [6, 6.07) is 74.1. The Morgan fingerprint density at radius 2 is 0.714 bits per heavy atom. The molecule has 1 aliphatic carbocycles. The molecule has 0 bridgehead atoms. The van der Waals surface area contributed by atoms with Gasteiger partial charge in [0.15, 0.2) is 5.82 Å². The molecule has 260 valence electrons. The van der Waals surface area contributed by atoms with Crippen LogP contribution < -0.4 is 0 Å². The lowest BCUT2D eigenvalue weighted by molar-refractivity contribution is 1.18. The summed E-state index contributed by atoms with van der Waals surface area (Å²) in [5.74, 6) is 0.715. The van der Waals surface area contributed by atoms with Crippen molar-refractivity contribution < 1.29 is 0 Å². The first-order valence-electron chi connectivity index (χ1n) is 19.1. The van der Waals surface area contributed by atoms with E-state index in [0.717, 1.165) is 33.6 Å².